The molecule has 0 saturated heterocycles. The van der Waals surface area contributed by atoms with E-state index in [-0.39, 0.29) is 13.7 Å². The third kappa shape index (κ3) is 12.3. The number of benzene rings is 1. The van der Waals surface area contributed by atoms with Crippen LogP contribution in [0.4, 0.5) is 0 Å². The molecule has 4 heteroatoms. The largest absolute Gasteiger partial charge is 0.493 e. The van der Waals surface area contributed by atoms with Gasteiger partial charge in [-0.25, -0.2) is 0 Å². The minimum absolute atomic E-state index is 0.243. The molecule has 154 valence electrons. The van der Waals surface area contributed by atoms with E-state index in [2.05, 4.69) is 38.1 Å². The van der Waals surface area contributed by atoms with Crippen molar-refractivity contribution in [3.8, 4) is 0 Å². The van der Waals surface area contributed by atoms with Gasteiger partial charge in [-0.15, -0.1) is 0 Å². The zero-order chi connectivity index (χ0) is 19.6. The molecule has 1 rings (SSSR count). The first-order chi connectivity index (χ1) is 13.3. The lowest BCUT2D eigenvalue weighted by Gasteiger charge is -2.16. The van der Waals surface area contributed by atoms with Gasteiger partial charge in [0.25, 0.3) is 0 Å². The fourth-order valence-corrected chi connectivity index (χ4v) is 3.16. The van der Waals surface area contributed by atoms with Crippen LogP contribution in [0, 0.1) is 0 Å². The lowest BCUT2D eigenvalue weighted by molar-refractivity contribution is 0.199. The molecule has 0 aromatic heterocycles. The van der Waals surface area contributed by atoms with E-state index in [1.54, 1.807) is 0 Å². The molecule has 1 aromatic rings. The van der Waals surface area contributed by atoms with Crippen molar-refractivity contribution in [2.45, 2.75) is 90.9 Å². The van der Waals surface area contributed by atoms with Crippen molar-refractivity contribution in [3.63, 3.8) is 0 Å². The molecule has 3 nitrogen and oxygen atoms in total. The Bertz CT molecular complexity index is 420. The number of hydrogen-bond acceptors (Lipinski definition) is 3. The summed E-state index contributed by atoms with van der Waals surface area (Å²) in [5.41, 5.74) is 2.36. The van der Waals surface area contributed by atoms with Gasteiger partial charge in [0.05, 0.1) is 0 Å². The van der Waals surface area contributed by atoms with Gasteiger partial charge in [-0.2, -0.15) is 0 Å². The molecule has 0 aliphatic rings. The molecule has 0 fully saturated rings. The molecule has 1 N–H and O–H groups in total. The molecule has 0 amide bonds. The lowest BCUT2D eigenvalue weighted by atomic mass is 9.78. The minimum atomic E-state index is -0.255. The SMILES string of the molecule is CCCCCCCOB(OCCCCCCC)c1ccc(CCCO)cc1. The zero-order valence-corrected chi connectivity index (χ0v) is 17.8. The van der Waals surface area contributed by atoms with E-state index >= 15 is 0 Å². The van der Waals surface area contributed by atoms with Crippen LogP contribution in [-0.4, -0.2) is 32.0 Å². The van der Waals surface area contributed by atoms with E-state index in [0.717, 1.165) is 44.4 Å². The number of rotatable bonds is 18. The minimum Gasteiger partial charge on any atom is -0.407 e. The van der Waals surface area contributed by atoms with Gasteiger partial charge in [0.1, 0.15) is 0 Å². The van der Waals surface area contributed by atoms with Gasteiger partial charge in [0.2, 0.25) is 0 Å². The van der Waals surface area contributed by atoms with Crippen LogP contribution in [-0.2, 0) is 15.7 Å². The van der Waals surface area contributed by atoms with E-state index in [1.807, 2.05) is 0 Å². The molecule has 0 aliphatic heterocycles. The molecule has 0 saturated carbocycles. The summed E-state index contributed by atoms with van der Waals surface area (Å²) in [6.45, 7) is 6.25. The lowest BCUT2D eigenvalue weighted by Crippen LogP contribution is -2.37. The Morgan fingerprint density at radius 2 is 1.22 bits per heavy atom. The van der Waals surface area contributed by atoms with Crippen molar-refractivity contribution in [2.24, 2.45) is 0 Å². The average Bonchev–Trinajstić information content (AvgIpc) is 2.70. The summed E-state index contributed by atoms with van der Waals surface area (Å²) in [4.78, 5) is 0. The van der Waals surface area contributed by atoms with Crippen molar-refractivity contribution in [2.75, 3.05) is 19.8 Å². The van der Waals surface area contributed by atoms with E-state index in [4.69, 9.17) is 14.4 Å². The van der Waals surface area contributed by atoms with E-state index in [9.17, 15) is 0 Å². The maximum absolute atomic E-state index is 8.98. The van der Waals surface area contributed by atoms with Gasteiger partial charge in [-0.1, -0.05) is 89.5 Å². The molecule has 0 radical (unpaired) electrons. The number of aryl methyl sites for hydroxylation is 1. The van der Waals surface area contributed by atoms with E-state index in [0.29, 0.717) is 0 Å². The maximum atomic E-state index is 8.98. The average molecular weight is 376 g/mol. The van der Waals surface area contributed by atoms with Crippen molar-refractivity contribution < 1.29 is 14.4 Å². The van der Waals surface area contributed by atoms with Crippen molar-refractivity contribution >= 4 is 12.6 Å². The van der Waals surface area contributed by atoms with Crippen molar-refractivity contribution in [3.05, 3.63) is 29.8 Å². The number of aliphatic hydroxyl groups excluding tert-OH is 1. The zero-order valence-electron chi connectivity index (χ0n) is 17.8. The van der Waals surface area contributed by atoms with E-state index < -0.39 is 0 Å². The number of hydrogen-bond donors (Lipinski definition) is 1. The maximum Gasteiger partial charge on any atom is 0.493 e. The smallest absolute Gasteiger partial charge is 0.407 e. The second-order valence-corrected chi connectivity index (χ2v) is 7.47. The molecule has 0 bridgehead atoms. The summed E-state index contributed by atoms with van der Waals surface area (Å²) in [5, 5.41) is 8.98. The summed E-state index contributed by atoms with van der Waals surface area (Å²) in [7, 11) is -0.255. The Morgan fingerprint density at radius 3 is 1.70 bits per heavy atom. The van der Waals surface area contributed by atoms with Crippen LogP contribution in [0.1, 0.15) is 90.0 Å². The first-order valence-electron chi connectivity index (χ1n) is 11.2. The highest BCUT2D eigenvalue weighted by Crippen LogP contribution is 2.07. The molecule has 0 spiro atoms. The normalized spacial score (nSPS) is 11.1. The Hall–Kier alpha value is -0.835. The van der Waals surface area contributed by atoms with Crippen LogP contribution in [0.5, 0.6) is 0 Å². The van der Waals surface area contributed by atoms with Crippen LogP contribution in [0.2, 0.25) is 0 Å². The van der Waals surface area contributed by atoms with Gasteiger partial charge >= 0.3 is 7.12 Å². The second-order valence-electron chi connectivity index (χ2n) is 7.47. The highest BCUT2D eigenvalue weighted by molar-refractivity contribution is 6.61. The van der Waals surface area contributed by atoms with Gasteiger partial charge < -0.3 is 14.4 Å². The molecular weight excluding hydrogens is 335 g/mol. The summed E-state index contributed by atoms with van der Waals surface area (Å²) in [6.07, 6.45) is 14.2. The summed E-state index contributed by atoms with van der Waals surface area (Å²) >= 11 is 0. The molecule has 1 aromatic carbocycles. The first-order valence-corrected chi connectivity index (χ1v) is 11.2. The Kier molecular flexibility index (Phi) is 15.5. The van der Waals surface area contributed by atoms with Gasteiger partial charge in [-0.3, -0.25) is 0 Å². The topological polar surface area (TPSA) is 38.7 Å². The molecule has 27 heavy (non-hydrogen) atoms. The monoisotopic (exact) mass is 376 g/mol. The molecule has 0 heterocycles. The summed E-state index contributed by atoms with van der Waals surface area (Å²) in [6, 6.07) is 8.50. The predicted octanol–water partition coefficient (Wildman–Crippen LogP) is 5.28. The van der Waals surface area contributed by atoms with Crippen LogP contribution >= 0.6 is 0 Å². The predicted molar refractivity (Wildman–Crippen MR) is 117 cm³/mol. The van der Waals surface area contributed by atoms with Crippen LogP contribution in [0.3, 0.4) is 0 Å². The molecule has 0 atom stereocenters. The second kappa shape index (κ2) is 17.3. The summed E-state index contributed by atoms with van der Waals surface area (Å²) < 4.78 is 12.2. The van der Waals surface area contributed by atoms with Crippen molar-refractivity contribution in [1.82, 2.24) is 0 Å². The van der Waals surface area contributed by atoms with Gasteiger partial charge in [0, 0.05) is 19.8 Å². The Labute approximate surface area is 168 Å². The van der Waals surface area contributed by atoms with Gasteiger partial charge in [0.15, 0.2) is 0 Å². The third-order valence-corrected chi connectivity index (χ3v) is 4.91. The Morgan fingerprint density at radius 1 is 0.704 bits per heavy atom. The van der Waals surface area contributed by atoms with Crippen LogP contribution in [0.15, 0.2) is 24.3 Å². The Balaban J connectivity index is 2.45. The fraction of sp³-hybridized carbons (Fsp3) is 0.739. The molecular formula is C23H41BO3. The molecule has 0 aliphatic carbocycles. The number of unbranched alkanes of at least 4 members (excludes halogenated alkanes) is 8. The highest BCUT2D eigenvalue weighted by Gasteiger charge is 2.21. The van der Waals surface area contributed by atoms with Crippen LogP contribution < -0.4 is 5.46 Å². The first kappa shape index (κ1) is 24.2. The number of aliphatic hydroxyl groups is 1. The van der Waals surface area contributed by atoms with Gasteiger partial charge in [-0.05, 0) is 36.7 Å². The quantitative estimate of drug-likeness (QED) is 0.280. The molecule has 0 unspecified atom stereocenters. The standard InChI is InChI=1S/C23H41BO3/c1-3-5-7-9-11-20-26-24(27-21-12-10-8-6-4-2)23-17-15-22(16-18-23)14-13-19-25/h15-18,25H,3-14,19-21H2,1-2H3. The fourth-order valence-electron chi connectivity index (χ4n) is 3.16. The van der Waals surface area contributed by atoms with Crippen molar-refractivity contribution in [1.29, 1.82) is 0 Å². The third-order valence-electron chi connectivity index (χ3n) is 4.91. The summed E-state index contributed by atoms with van der Waals surface area (Å²) in [5.74, 6) is 0. The van der Waals surface area contributed by atoms with E-state index in [1.165, 1.54) is 56.9 Å². The van der Waals surface area contributed by atoms with Crippen LogP contribution in [0.25, 0.3) is 0 Å². The highest BCUT2D eigenvalue weighted by atomic mass is 16.6.